The van der Waals surface area contributed by atoms with Crippen molar-refractivity contribution in [1.29, 1.82) is 0 Å². The second-order valence-electron chi connectivity index (χ2n) is 6.62. The van der Waals surface area contributed by atoms with Crippen molar-refractivity contribution >= 4 is 5.91 Å². The standard InChI is InChI=1S/C21H26N2O3/c1-16-4-6-17(7-5-16)15-22-10-12-23(13-11-22)21(24)19-9-8-18(25-2)14-20(19)26-3/h4-9,14H,10-13,15H2,1-3H3. The molecule has 1 fully saturated rings. The molecule has 3 rings (SSSR count). The third-order valence-electron chi connectivity index (χ3n) is 4.83. The number of amides is 1. The molecule has 0 unspecified atom stereocenters. The monoisotopic (exact) mass is 354 g/mol. The summed E-state index contributed by atoms with van der Waals surface area (Å²) in [6, 6.07) is 14.0. The molecule has 1 amide bonds. The molecule has 138 valence electrons. The van der Waals surface area contributed by atoms with Crippen molar-refractivity contribution in [2.75, 3.05) is 40.4 Å². The van der Waals surface area contributed by atoms with Crippen LogP contribution in [-0.4, -0.2) is 56.1 Å². The van der Waals surface area contributed by atoms with Crippen molar-refractivity contribution in [3.63, 3.8) is 0 Å². The number of carbonyl (C=O) groups is 1. The zero-order valence-corrected chi connectivity index (χ0v) is 15.7. The number of ether oxygens (including phenoxy) is 2. The first-order valence-corrected chi connectivity index (χ1v) is 8.90. The normalized spacial score (nSPS) is 15.0. The SMILES string of the molecule is COc1ccc(C(=O)N2CCN(Cc3ccc(C)cc3)CC2)c(OC)c1. The molecule has 0 saturated carbocycles. The van der Waals surface area contributed by atoms with Crippen LogP contribution in [-0.2, 0) is 6.54 Å². The number of rotatable bonds is 5. The van der Waals surface area contributed by atoms with Gasteiger partial charge in [0.2, 0.25) is 0 Å². The van der Waals surface area contributed by atoms with Gasteiger partial charge in [0.1, 0.15) is 11.5 Å². The fraction of sp³-hybridized carbons (Fsp3) is 0.381. The molecule has 5 nitrogen and oxygen atoms in total. The number of hydrogen-bond donors (Lipinski definition) is 0. The topological polar surface area (TPSA) is 42.0 Å². The second-order valence-corrected chi connectivity index (χ2v) is 6.62. The van der Waals surface area contributed by atoms with E-state index in [-0.39, 0.29) is 5.91 Å². The van der Waals surface area contributed by atoms with Crippen molar-refractivity contribution in [3.8, 4) is 11.5 Å². The Bertz CT molecular complexity index is 750. The number of hydrogen-bond acceptors (Lipinski definition) is 4. The van der Waals surface area contributed by atoms with Crippen LogP contribution in [0.25, 0.3) is 0 Å². The third-order valence-corrected chi connectivity index (χ3v) is 4.83. The van der Waals surface area contributed by atoms with Gasteiger partial charge in [0.15, 0.2) is 0 Å². The van der Waals surface area contributed by atoms with Crippen LogP contribution in [0.15, 0.2) is 42.5 Å². The summed E-state index contributed by atoms with van der Waals surface area (Å²) in [4.78, 5) is 17.2. The van der Waals surface area contributed by atoms with Gasteiger partial charge in [-0.05, 0) is 24.6 Å². The first-order valence-electron chi connectivity index (χ1n) is 8.90. The van der Waals surface area contributed by atoms with Gasteiger partial charge in [-0.2, -0.15) is 0 Å². The first kappa shape index (κ1) is 18.3. The average Bonchev–Trinajstić information content (AvgIpc) is 2.69. The van der Waals surface area contributed by atoms with Crippen molar-refractivity contribution in [3.05, 3.63) is 59.2 Å². The van der Waals surface area contributed by atoms with E-state index >= 15 is 0 Å². The summed E-state index contributed by atoms with van der Waals surface area (Å²) in [7, 11) is 3.18. The van der Waals surface area contributed by atoms with Gasteiger partial charge < -0.3 is 14.4 Å². The predicted octanol–water partition coefficient (Wildman–Crippen LogP) is 2.97. The zero-order valence-electron chi connectivity index (χ0n) is 15.7. The molecule has 0 N–H and O–H groups in total. The quantitative estimate of drug-likeness (QED) is 0.828. The Morgan fingerprint density at radius 1 is 0.962 bits per heavy atom. The van der Waals surface area contributed by atoms with Crippen molar-refractivity contribution < 1.29 is 14.3 Å². The highest BCUT2D eigenvalue weighted by atomic mass is 16.5. The molecular weight excluding hydrogens is 328 g/mol. The lowest BCUT2D eigenvalue weighted by molar-refractivity contribution is 0.0625. The number of carbonyl (C=O) groups excluding carboxylic acids is 1. The Morgan fingerprint density at radius 3 is 2.27 bits per heavy atom. The van der Waals surface area contributed by atoms with Gasteiger partial charge in [-0.3, -0.25) is 9.69 Å². The third kappa shape index (κ3) is 4.17. The summed E-state index contributed by atoms with van der Waals surface area (Å²) in [5.74, 6) is 1.25. The van der Waals surface area contributed by atoms with E-state index in [1.54, 1.807) is 32.4 Å². The van der Waals surface area contributed by atoms with Crippen LogP contribution < -0.4 is 9.47 Å². The lowest BCUT2D eigenvalue weighted by Gasteiger charge is -2.35. The van der Waals surface area contributed by atoms with Crippen LogP contribution in [0.1, 0.15) is 21.5 Å². The maximum atomic E-state index is 12.9. The van der Waals surface area contributed by atoms with E-state index in [2.05, 4.69) is 36.1 Å². The molecule has 0 aromatic heterocycles. The minimum Gasteiger partial charge on any atom is -0.497 e. The Labute approximate surface area is 155 Å². The Kier molecular flexibility index (Phi) is 5.78. The van der Waals surface area contributed by atoms with E-state index in [4.69, 9.17) is 9.47 Å². The summed E-state index contributed by atoms with van der Waals surface area (Å²) >= 11 is 0. The predicted molar refractivity (Wildman–Crippen MR) is 102 cm³/mol. The van der Waals surface area contributed by atoms with Crippen LogP contribution >= 0.6 is 0 Å². The molecule has 1 aliphatic rings. The summed E-state index contributed by atoms with van der Waals surface area (Å²) in [6.07, 6.45) is 0. The van der Waals surface area contributed by atoms with E-state index in [9.17, 15) is 4.79 Å². The van der Waals surface area contributed by atoms with Gasteiger partial charge in [-0.1, -0.05) is 29.8 Å². The summed E-state index contributed by atoms with van der Waals surface area (Å²) in [5, 5.41) is 0. The van der Waals surface area contributed by atoms with E-state index in [0.29, 0.717) is 17.1 Å². The average molecular weight is 354 g/mol. The lowest BCUT2D eigenvalue weighted by Crippen LogP contribution is -2.48. The number of piperazine rings is 1. The summed E-state index contributed by atoms with van der Waals surface area (Å²) in [6.45, 7) is 6.21. The van der Waals surface area contributed by atoms with Crippen LogP contribution in [0.4, 0.5) is 0 Å². The highest BCUT2D eigenvalue weighted by Gasteiger charge is 2.24. The highest BCUT2D eigenvalue weighted by molar-refractivity contribution is 5.97. The van der Waals surface area contributed by atoms with Gasteiger partial charge in [0.05, 0.1) is 19.8 Å². The van der Waals surface area contributed by atoms with Gasteiger partial charge in [-0.15, -0.1) is 0 Å². The van der Waals surface area contributed by atoms with Gasteiger partial charge >= 0.3 is 0 Å². The molecule has 2 aromatic rings. The van der Waals surface area contributed by atoms with Crippen molar-refractivity contribution in [2.24, 2.45) is 0 Å². The van der Waals surface area contributed by atoms with Crippen LogP contribution in [0.2, 0.25) is 0 Å². The smallest absolute Gasteiger partial charge is 0.257 e. The van der Waals surface area contributed by atoms with Crippen LogP contribution in [0, 0.1) is 6.92 Å². The van der Waals surface area contributed by atoms with Crippen molar-refractivity contribution in [2.45, 2.75) is 13.5 Å². The summed E-state index contributed by atoms with van der Waals surface area (Å²) in [5.41, 5.74) is 3.17. The van der Waals surface area contributed by atoms with Gasteiger partial charge in [-0.25, -0.2) is 0 Å². The molecule has 1 saturated heterocycles. The molecule has 5 heteroatoms. The largest absolute Gasteiger partial charge is 0.497 e. The fourth-order valence-corrected chi connectivity index (χ4v) is 3.21. The Hall–Kier alpha value is -2.53. The molecule has 1 heterocycles. The molecule has 1 aliphatic heterocycles. The van der Waals surface area contributed by atoms with Crippen LogP contribution in [0.3, 0.4) is 0 Å². The molecule has 0 spiro atoms. The van der Waals surface area contributed by atoms with E-state index in [1.165, 1.54) is 11.1 Å². The summed E-state index contributed by atoms with van der Waals surface area (Å²) < 4.78 is 10.6. The second kappa shape index (κ2) is 8.23. The maximum absolute atomic E-state index is 12.9. The molecule has 26 heavy (non-hydrogen) atoms. The van der Waals surface area contributed by atoms with E-state index in [0.717, 1.165) is 32.7 Å². The number of benzene rings is 2. The fourth-order valence-electron chi connectivity index (χ4n) is 3.21. The highest BCUT2D eigenvalue weighted by Crippen LogP contribution is 2.26. The lowest BCUT2D eigenvalue weighted by atomic mass is 10.1. The van der Waals surface area contributed by atoms with Crippen molar-refractivity contribution in [1.82, 2.24) is 9.80 Å². The van der Waals surface area contributed by atoms with Crippen LogP contribution in [0.5, 0.6) is 11.5 Å². The molecule has 0 radical (unpaired) electrons. The van der Waals surface area contributed by atoms with Gasteiger partial charge in [0, 0.05) is 38.8 Å². The Morgan fingerprint density at radius 2 is 1.65 bits per heavy atom. The van der Waals surface area contributed by atoms with E-state index in [1.807, 2.05) is 4.90 Å². The molecule has 0 aliphatic carbocycles. The minimum atomic E-state index is 0.0134. The number of methoxy groups -OCH3 is 2. The maximum Gasteiger partial charge on any atom is 0.257 e. The molecular formula is C21H26N2O3. The zero-order chi connectivity index (χ0) is 18.5. The molecule has 0 atom stereocenters. The van der Waals surface area contributed by atoms with E-state index < -0.39 is 0 Å². The number of nitrogens with zero attached hydrogens (tertiary/aromatic N) is 2. The van der Waals surface area contributed by atoms with Gasteiger partial charge in [0.25, 0.3) is 5.91 Å². The minimum absolute atomic E-state index is 0.0134. The number of aryl methyl sites for hydroxylation is 1. The molecule has 0 bridgehead atoms. The Balaban J connectivity index is 1.60. The molecule has 2 aromatic carbocycles. The first-order chi connectivity index (χ1) is 12.6.